The second kappa shape index (κ2) is 6.00. The van der Waals surface area contributed by atoms with Gasteiger partial charge in [-0.25, -0.2) is 0 Å². The fourth-order valence-electron chi connectivity index (χ4n) is 1.49. The first kappa shape index (κ1) is 13.2. The summed E-state index contributed by atoms with van der Waals surface area (Å²) in [5.41, 5.74) is 6.76. The SMILES string of the molecule is CC(CC(=O)O)c1ccc(NC(=O)CN)cc1. The average molecular weight is 236 g/mol. The highest BCUT2D eigenvalue weighted by Crippen LogP contribution is 2.20. The van der Waals surface area contributed by atoms with E-state index >= 15 is 0 Å². The molecule has 0 aliphatic carbocycles. The smallest absolute Gasteiger partial charge is 0.303 e. The number of carboxylic acids is 1. The Hall–Kier alpha value is -1.88. The van der Waals surface area contributed by atoms with Crippen LogP contribution in [-0.4, -0.2) is 23.5 Å². The van der Waals surface area contributed by atoms with Crippen LogP contribution in [0.5, 0.6) is 0 Å². The van der Waals surface area contributed by atoms with E-state index in [0.29, 0.717) is 5.69 Å². The van der Waals surface area contributed by atoms with Crippen LogP contribution >= 0.6 is 0 Å². The minimum Gasteiger partial charge on any atom is -0.481 e. The van der Waals surface area contributed by atoms with Crippen molar-refractivity contribution in [3.05, 3.63) is 29.8 Å². The number of nitrogens with one attached hydrogen (secondary N) is 1. The van der Waals surface area contributed by atoms with Gasteiger partial charge in [0.05, 0.1) is 13.0 Å². The molecule has 0 radical (unpaired) electrons. The molecule has 0 aliphatic heterocycles. The van der Waals surface area contributed by atoms with Crippen LogP contribution < -0.4 is 11.1 Å². The lowest BCUT2D eigenvalue weighted by molar-refractivity contribution is -0.137. The van der Waals surface area contributed by atoms with Crippen LogP contribution in [0.2, 0.25) is 0 Å². The van der Waals surface area contributed by atoms with Gasteiger partial charge in [0.2, 0.25) is 5.91 Å². The Bertz CT molecular complexity index is 401. The van der Waals surface area contributed by atoms with E-state index in [1.807, 2.05) is 6.92 Å². The molecule has 1 aromatic carbocycles. The molecule has 0 saturated carbocycles. The van der Waals surface area contributed by atoms with Crippen LogP contribution in [-0.2, 0) is 9.59 Å². The second-order valence-corrected chi connectivity index (χ2v) is 3.87. The maximum Gasteiger partial charge on any atom is 0.303 e. The Balaban J connectivity index is 2.67. The molecule has 5 heteroatoms. The predicted octanol–water partition coefficient (Wildman–Crippen LogP) is 1.16. The van der Waals surface area contributed by atoms with Crippen molar-refractivity contribution in [2.45, 2.75) is 19.3 Å². The van der Waals surface area contributed by atoms with Gasteiger partial charge in [-0.05, 0) is 23.6 Å². The maximum atomic E-state index is 11.0. The summed E-state index contributed by atoms with van der Waals surface area (Å²) < 4.78 is 0. The van der Waals surface area contributed by atoms with Crippen molar-refractivity contribution < 1.29 is 14.7 Å². The molecule has 1 aromatic rings. The van der Waals surface area contributed by atoms with E-state index in [-0.39, 0.29) is 24.8 Å². The highest BCUT2D eigenvalue weighted by Gasteiger charge is 2.10. The highest BCUT2D eigenvalue weighted by atomic mass is 16.4. The molecule has 1 rings (SSSR count). The number of nitrogens with two attached hydrogens (primary N) is 1. The molecule has 4 N–H and O–H groups in total. The van der Waals surface area contributed by atoms with E-state index in [0.717, 1.165) is 5.56 Å². The molecule has 0 bridgehead atoms. The summed E-state index contributed by atoms with van der Waals surface area (Å²) in [6.45, 7) is 1.79. The number of carboxylic acid groups (broad SMARTS) is 1. The zero-order valence-electron chi connectivity index (χ0n) is 9.64. The number of anilines is 1. The number of benzene rings is 1. The number of amides is 1. The predicted molar refractivity (Wildman–Crippen MR) is 64.8 cm³/mol. The number of carbonyl (C=O) groups excluding carboxylic acids is 1. The second-order valence-electron chi connectivity index (χ2n) is 3.87. The Labute approximate surface area is 99.6 Å². The van der Waals surface area contributed by atoms with Crippen LogP contribution in [0.15, 0.2) is 24.3 Å². The van der Waals surface area contributed by atoms with E-state index in [2.05, 4.69) is 5.32 Å². The first-order valence-corrected chi connectivity index (χ1v) is 5.34. The number of rotatable bonds is 5. The van der Waals surface area contributed by atoms with Gasteiger partial charge in [0, 0.05) is 5.69 Å². The monoisotopic (exact) mass is 236 g/mol. The molecule has 0 aliphatic rings. The van der Waals surface area contributed by atoms with Crippen LogP contribution in [0.1, 0.15) is 24.8 Å². The molecular formula is C12H16N2O3. The Morgan fingerprint density at radius 2 is 1.94 bits per heavy atom. The molecule has 0 saturated heterocycles. The summed E-state index contributed by atoms with van der Waals surface area (Å²) >= 11 is 0. The van der Waals surface area contributed by atoms with Gasteiger partial charge in [0.15, 0.2) is 0 Å². The number of hydrogen-bond acceptors (Lipinski definition) is 3. The quantitative estimate of drug-likeness (QED) is 0.715. The van der Waals surface area contributed by atoms with Gasteiger partial charge < -0.3 is 16.2 Å². The van der Waals surface area contributed by atoms with E-state index in [4.69, 9.17) is 10.8 Å². The zero-order valence-corrected chi connectivity index (χ0v) is 9.64. The lowest BCUT2D eigenvalue weighted by atomic mass is 9.98. The van der Waals surface area contributed by atoms with Crippen LogP contribution in [0, 0.1) is 0 Å². The van der Waals surface area contributed by atoms with Crippen molar-refractivity contribution in [2.75, 3.05) is 11.9 Å². The van der Waals surface area contributed by atoms with Gasteiger partial charge >= 0.3 is 5.97 Å². The van der Waals surface area contributed by atoms with Gasteiger partial charge in [0.1, 0.15) is 0 Å². The number of hydrogen-bond donors (Lipinski definition) is 3. The van der Waals surface area contributed by atoms with Gasteiger partial charge in [-0.2, -0.15) is 0 Å². The lowest BCUT2D eigenvalue weighted by Crippen LogP contribution is -2.21. The molecule has 1 unspecified atom stereocenters. The third-order valence-electron chi connectivity index (χ3n) is 2.43. The van der Waals surface area contributed by atoms with Gasteiger partial charge in [-0.3, -0.25) is 9.59 Å². The summed E-state index contributed by atoms with van der Waals surface area (Å²) in [7, 11) is 0. The third kappa shape index (κ3) is 4.24. The van der Waals surface area contributed by atoms with Crippen molar-refractivity contribution in [3.8, 4) is 0 Å². The first-order valence-electron chi connectivity index (χ1n) is 5.34. The summed E-state index contributed by atoms with van der Waals surface area (Å²) in [6.07, 6.45) is 0.0918. The standard InChI is InChI=1S/C12H16N2O3/c1-8(6-12(16)17)9-2-4-10(5-3-9)14-11(15)7-13/h2-5,8H,6-7,13H2,1H3,(H,14,15)(H,16,17). The summed E-state index contributed by atoms with van der Waals surface area (Å²) in [5, 5.41) is 11.3. The van der Waals surface area contributed by atoms with E-state index in [1.54, 1.807) is 24.3 Å². The zero-order chi connectivity index (χ0) is 12.8. The normalized spacial score (nSPS) is 11.9. The molecule has 17 heavy (non-hydrogen) atoms. The Kier molecular flexibility index (Phi) is 4.66. The molecule has 5 nitrogen and oxygen atoms in total. The largest absolute Gasteiger partial charge is 0.481 e. The average Bonchev–Trinajstić information content (AvgIpc) is 2.28. The molecule has 1 amide bonds. The minimum absolute atomic E-state index is 0.0493. The van der Waals surface area contributed by atoms with E-state index < -0.39 is 5.97 Å². The van der Waals surface area contributed by atoms with Crippen molar-refractivity contribution >= 4 is 17.6 Å². The topological polar surface area (TPSA) is 92.4 Å². The molecule has 92 valence electrons. The maximum absolute atomic E-state index is 11.0. The van der Waals surface area contributed by atoms with Crippen molar-refractivity contribution in [1.29, 1.82) is 0 Å². The van der Waals surface area contributed by atoms with Crippen molar-refractivity contribution in [2.24, 2.45) is 5.73 Å². The summed E-state index contributed by atoms with van der Waals surface area (Å²) in [5.74, 6) is -1.12. The van der Waals surface area contributed by atoms with Crippen LogP contribution in [0.3, 0.4) is 0 Å². The molecular weight excluding hydrogens is 220 g/mol. The van der Waals surface area contributed by atoms with Gasteiger partial charge in [0.25, 0.3) is 0 Å². The van der Waals surface area contributed by atoms with Gasteiger partial charge in [-0.15, -0.1) is 0 Å². The van der Waals surface area contributed by atoms with E-state index in [9.17, 15) is 9.59 Å². The fraction of sp³-hybridized carbons (Fsp3) is 0.333. The molecule has 0 spiro atoms. The van der Waals surface area contributed by atoms with Crippen LogP contribution in [0.25, 0.3) is 0 Å². The molecule has 1 atom stereocenters. The fourth-order valence-corrected chi connectivity index (χ4v) is 1.49. The minimum atomic E-state index is -0.821. The third-order valence-corrected chi connectivity index (χ3v) is 2.43. The summed E-state index contributed by atoms with van der Waals surface area (Å²) in [4.78, 5) is 21.6. The van der Waals surface area contributed by atoms with Crippen molar-refractivity contribution in [3.63, 3.8) is 0 Å². The number of aliphatic carboxylic acids is 1. The van der Waals surface area contributed by atoms with Gasteiger partial charge in [-0.1, -0.05) is 19.1 Å². The van der Waals surface area contributed by atoms with Crippen molar-refractivity contribution in [1.82, 2.24) is 0 Å². The lowest BCUT2D eigenvalue weighted by Gasteiger charge is -2.10. The van der Waals surface area contributed by atoms with Crippen LogP contribution in [0.4, 0.5) is 5.69 Å². The Morgan fingerprint density at radius 1 is 1.35 bits per heavy atom. The Morgan fingerprint density at radius 3 is 2.41 bits per heavy atom. The number of carbonyl (C=O) groups is 2. The highest BCUT2D eigenvalue weighted by molar-refractivity contribution is 5.92. The molecule has 0 aromatic heterocycles. The summed E-state index contributed by atoms with van der Waals surface area (Å²) in [6, 6.07) is 7.09. The van der Waals surface area contributed by atoms with E-state index in [1.165, 1.54) is 0 Å². The molecule has 0 fully saturated rings. The molecule has 0 heterocycles. The first-order chi connectivity index (χ1) is 8.02.